The molecule has 16 heavy (non-hydrogen) atoms. The zero-order valence-electron chi connectivity index (χ0n) is 10.8. The van der Waals surface area contributed by atoms with Crippen LogP contribution in [-0.2, 0) is 9.47 Å². The smallest absolute Gasteiger partial charge is 0.0700 e. The maximum Gasteiger partial charge on any atom is 0.0700 e. The maximum atomic E-state index is 5.88. The van der Waals surface area contributed by atoms with Gasteiger partial charge in [0.2, 0.25) is 0 Å². The van der Waals surface area contributed by atoms with Gasteiger partial charge in [-0.1, -0.05) is 13.8 Å². The quantitative estimate of drug-likeness (QED) is 0.730. The Labute approximate surface area is 99.1 Å². The van der Waals surface area contributed by atoms with Crippen molar-refractivity contribution < 1.29 is 9.47 Å². The molecule has 0 amide bonds. The lowest BCUT2D eigenvalue weighted by Gasteiger charge is -2.40. The van der Waals surface area contributed by atoms with Gasteiger partial charge < -0.3 is 15.2 Å². The summed E-state index contributed by atoms with van der Waals surface area (Å²) in [6, 6.07) is 0.415. The van der Waals surface area contributed by atoms with Gasteiger partial charge in [0.15, 0.2) is 0 Å². The number of nitrogens with zero attached hydrogens (tertiary/aromatic N) is 1. The molecule has 1 aliphatic heterocycles. The van der Waals surface area contributed by atoms with Gasteiger partial charge in [0.1, 0.15) is 0 Å². The van der Waals surface area contributed by atoms with E-state index in [9.17, 15) is 0 Å². The highest BCUT2D eigenvalue weighted by Crippen LogP contribution is 2.16. The van der Waals surface area contributed by atoms with Crippen LogP contribution in [0.2, 0.25) is 0 Å². The molecule has 1 heterocycles. The van der Waals surface area contributed by atoms with Crippen LogP contribution >= 0.6 is 0 Å². The van der Waals surface area contributed by atoms with Crippen molar-refractivity contribution in [3.63, 3.8) is 0 Å². The molecule has 0 aliphatic carbocycles. The summed E-state index contributed by atoms with van der Waals surface area (Å²) < 4.78 is 10.9. The van der Waals surface area contributed by atoms with Gasteiger partial charge in [-0.05, 0) is 12.3 Å². The Bertz CT molecular complexity index is 190. The highest BCUT2D eigenvalue weighted by Gasteiger charge is 2.28. The predicted octanol–water partition coefficient (Wildman–Crippen LogP) is 0.707. The third-order valence-corrected chi connectivity index (χ3v) is 3.42. The van der Waals surface area contributed by atoms with Crippen LogP contribution in [0.25, 0.3) is 0 Å². The zero-order valence-corrected chi connectivity index (χ0v) is 10.8. The van der Waals surface area contributed by atoms with Crippen LogP contribution in [0, 0.1) is 5.92 Å². The molecule has 0 bridgehead atoms. The topological polar surface area (TPSA) is 47.7 Å². The molecule has 0 aromatic carbocycles. The van der Waals surface area contributed by atoms with Crippen molar-refractivity contribution in [1.82, 2.24) is 4.90 Å². The number of methoxy groups -OCH3 is 1. The number of hydrogen-bond acceptors (Lipinski definition) is 4. The molecular weight excluding hydrogens is 204 g/mol. The number of hydrogen-bond donors (Lipinski definition) is 1. The summed E-state index contributed by atoms with van der Waals surface area (Å²) in [5.74, 6) is 0.477. The Balaban J connectivity index is 2.50. The van der Waals surface area contributed by atoms with Crippen LogP contribution in [0.4, 0.5) is 0 Å². The summed E-state index contributed by atoms with van der Waals surface area (Å²) in [5, 5.41) is 0. The van der Waals surface area contributed by atoms with Crippen LogP contribution in [-0.4, -0.2) is 57.0 Å². The van der Waals surface area contributed by atoms with Gasteiger partial charge in [-0.25, -0.2) is 0 Å². The lowest BCUT2D eigenvalue weighted by molar-refractivity contribution is -0.0550. The molecule has 0 saturated carbocycles. The van der Waals surface area contributed by atoms with Gasteiger partial charge >= 0.3 is 0 Å². The summed E-state index contributed by atoms with van der Waals surface area (Å²) in [7, 11) is 1.75. The van der Waals surface area contributed by atoms with Crippen molar-refractivity contribution in [3.05, 3.63) is 0 Å². The number of rotatable bonds is 6. The fourth-order valence-electron chi connectivity index (χ4n) is 2.41. The fourth-order valence-corrected chi connectivity index (χ4v) is 2.41. The van der Waals surface area contributed by atoms with Crippen LogP contribution in [0.1, 0.15) is 20.3 Å². The van der Waals surface area contributed by atoms with E-state index in [4.69, 9.17) is 15.2 Å². The molecular formula is C12H26N2O2. The first-order valence-electron chi connectivity index (χ1n) is 6.27. The zero-order chi connectivity index (χ0) is 12.0. The van der Waals surface area contributed by atoms with E-state index in [1.165, 1.54) is 0 Å². The van der Waals surface area contributed by atoms with Crippen LogP contribution in [0.15, 0.2) is 0 Å². The van der Waals surface area contributed by atoms with Gasteiger partial charge in [-0.15, -0.1) is 0 Å². The molecule has 0 radical (unpaired) electrons. The van der Waals surface area contributed by atoms with E-state index in [-0.39, 0.29) is 0 Å². The maximum absolute atomic E-state index is 5.88. The summed E-state index contributed by atoms with van der Waals surface area (Å²) in [6.45, 7) is 8.67. The van der Waals surface area contributed by atoms with E-state index in [0.717, 1.165) is 32.7 Å². The SMILES string of the molecule is CCC1CN(C(CN)C(C)COC)CCO1. The minimum atomic E-state index is 0.373. The molecule has 1 rings (SSSR count). The molecule has 4 nitrogen and oxygen atoms in total. The van der Waals surface area contributed by atoms with Crippen molar-refractivity contribution in [2.24, 2.45) is 11.7 Å². The van der Waals surface area contributed by atoms with Crippen molar-refractivity contribution in [1.29, 1.82) is 0 Å². The van der Waals surface area contributed by atoms with Crippen molar-refractivity contribution in [2.75, 3.05) is 40.0 Å². The summed E-state index contributed by atoms with van der Waals surface area (Å²) in [4.78, 5) is 2.46. The molecule has 96 valence electrons. The molecule has 1 fully saturated rings. The van der Waals surface area contributed by atoms with E-state index in [0.29, 0.717) is 24.6 Å². The largest absolute Gasteiger partial charge is 0.384 e. The van der Waals surface area contributed by atoms with E-state index < -0.39 is 0 Å². The lowest BCUT2D eigenvalue weighted by Crippen LogP contribution is -2.53. The molecule has 4 heteroatoms. The lowest BCUT2D eigenvalue weighted by atomic mass is 10.00. The van der Waals surface area contributed by atoms with Crippen LogP contribution in [0.3, 0.4) is 0 Å². The Morgan fingerprint density at radius 1 is 1.56 bits per heavy atom. The Morgan fingerprint density at radius 2 is 2.31 bits per heavy atom. The normalized spacial score (nSPS) is 26.6. The number of ether oxygens (including phenoxy) is 2. The van der Waals surface area contributed by atoms with Crippen LogP contribution < -0.4 is 5.73 Å². The molecule has 3 unspecified atom stereocenters. The Kier molecular flexibility index (Phi) is 6.28. The van der Waals surface area contributed by atoms with E-state index in [1.807, 2.05) is 0 Å². The minimum Gasteiger partial charge on any atom is -0.384 e. The first-order valence-corrected chi connectivity index (χ1v) is 6.27. The summed E-state index contributed by atoms with van der Waals surface area (Å²) >= 11 is 0. The van der Waals surface area contributed by atoms with E-state index >= 15 is 0 Å². The average Bonchev–Trinajstić information content (AvgIpc) is 2.31. The molecule has 0 spiro atoms. The monoisotopic (exact) mass is 230 g/mol. The molecule has 1 aliphatic rings. The second kappa shape index (κ2) is 7.22. The van der Waals surface area contributed by atoms with E-state index in [2.05, 4.69) is 18.7 Å². The Morgan fingerprint density at radius 3 is 2.88 bits per heavy atom. The second-order valence-electron chi connectivity index (χ2n) is 4.63. The fraction of sp³-hybridized carbons (Fsp3) is 1.00. The standard InChI is InChI=1S/C12H26N2O2/c1-4-11-8-14(5-6-16-11)12(7-13)10(2)9-15-3/h10-12H,4-9,13H2,1-3H3. The highest BCUT2D eigenvalue weighted by molar-refractivity contribution is 4.82. The third kappa shape index (κ3) is 3.70. The van der Waals surface area contributed by atoms with Gasteiger partial charge in [0.05, 0.1) is 19.3 Å². The molecule has 0 aromatic heterocycles. The third-order valence-electron chi connectivity index (χ3n) is 3.42. The van der Waals surface area contributed by atoms with Crippen molar-refractivity contribution in [3.8, 4) is 0 Å². The Hall–Kier alpha value is -0.160. The summed E-state index contributed by atoms with van der Waals surface area (Å²) in [6.07, 6.45) is 1.45. The first-order chi connectivity index (χ1) is 7.72. The van der Waals surface area contributed by atoms with Gasteiger partial charge in [-0.2, -0.15) is 0 Å². The van der Waals surface area contributed by atoms with E-state index in [1.54, 1.807) is 7.11 Å². The molecule has 1 saturated heterocycles. The van der Waals surface area contributed by atoms with Gasteiger partial charge in [0.25, 0.3) is 0 Å². The van der Waals surface area contributed by atoms with Gasteiger partial charge in [0, 0.05) is 32.8 Å². The molecule has 0 aromatic rings. The summed E-state index contributed by atoms with van der Waals surface area (Å²) in [5.41, 5.74) is 5.88. The first kappa shape index (κ1) is 13.9. The second-order valence-corrected chi connectivity index (χ2v) is 4.63. The predicted molar refractivity (Wildman–Crippen MR) is 65.5 cm³/mol. The number of morpholine rings is 1. The van der Waals surface area contributed by atoms with Crippen molar-refractivity contribution in [2.45, 2.75) is 32.4 Å². The van der Waals surface area contributed by atoms with Crippen molar-refractivity contribution >= 4 is 0 Å². The molecule has 2 N–H and O–H groups in total. The highest BCUT2D eigenvalue weighted by atomic mass is 16.5. The number of nitrogens with two attached hydrogens (primary N) is 1. The molecule has 3 atom stereocenters. The van der Waals surface area contributed by atoms with Crippen LogP contribution in [0.5, 0.6) is 0 Å². The minimum absolute atomic E-state index is 0.373. The average molecular weight is 230 g/mol. The van der Waals surface area contributed by atoms with Gasteiger partial charge in [-0.3, -0.25) is 4.90 Å².